The molecule has 1 aromatic carbocycles. The number of Topliss-reactive ketones (excluding diaryl/α,β-unsaturated/α-hetero) is 2. The van der Waals surface area contributed by atoms with Gasteiger partial charge in [0, 0.05) is 48.0 Å². The molecule has 0 bridgehead atoms. The van der Waals surface area contributed by atoms with E-state index < -0.39 is 21.8 Å². The summed E-state index contributed by atoms with van der Waals surface area (Å²) in [6.45, 7) is 11.8. The zero-order valence-corrected chi connectivity index (χ0v) is 29.7. The Balaban J connectivity index is 0.00000276. The Hall–Kier alpha value is -2.79. The molecule has 11 heteroatoms. The molecular formula is C33H39N2NaO7S. The summed E-state index contributed by atoms with van der Waals surface area (Å²) in [5.74, 6) is 0.107. The average Bonchev–Trinajstić information content (AvgIpc) is 2.84. The van der Waals surface area contributed by atoms with Crippen LogP contribution in [0.2, 0.25) is 0 Å². The standard InChI is InChI=1S/C33H38N2O7S.Na.H/c1-17-11-20(34-21(12-17)31(38)35-43(8,39)40)19-9-10-24(41-7)27(18(19)2)30-28-22(36)13-32(3,4)15-25(28)42-26-16-33(5,6)14-23(37)29(26)30;;/h9-12,30H,13-16H2,1-8H3,(H,35,38);;/q;+1;-1. The first-order valence-electron chi connectivity index (χ1n) is 14.3. The number of nitrogens with one attached hydrogen (secondary N) is 1. The number of sulfonamides is 1. The first-order valence-corrected chi connectivity index (χ1v) is 16.2. The Kier molecular flexibility index (Phi) is 9.19. The van der Waals surface area contributed by atoms with Crippen molar-refractivity contribution in [3.63, 3.8) is 0 Å². The first kappa shape index (κ1) is 34.1. The van der Waals surface area contributed by atoms with Crippen molar-refractivity contribution in [2.45, 2.75) is 73.1 Å². The van der Waals surface area contributed by atoms with Crippen LogP contribution in [-0.4, -0.2) is 44.2 Å². The number of hydrogen-bond donors (Lipinski definition) is 1. The van der Waals surface area contributed by atoms with Gasteiger partial charge in [-0.15, -0.1) is 0 Å². The van der Waals surface area contributed by atoms with Crippen LogP contribution < -0.4 is 39.0 Å². The van der Waals surface area contributed by atoms with E-state index in [0.717, 1.165) is 11.8 Å². The number of hydrogen-bond acceptors (Lipinski definition) is 8. The Morgan fingerprint density at radius 2 is 1.52 bits per heavy atom. The SMILES string of the molecule is COc1ccc(-c2cc(C)cc(C(=O)NS(C)(=O)=O)n2)c(C)c1C1C2=C(CC(C)(C)CC2=O)OC2=C1C(=O)CC(C)(C)C2.[H-].[Na+]. The van der Waals surface area contributed by atoms with Crippen molar-refractivity contribution in [2.24, 2.45) is 10.8 Å². The zero-order valence-electron chi connectivity index (χ0n) is 27.9. The molecule has 2 aliphatic carbocycles. The van der Waals surface area contributed by atoms with Crippen molar-refractivity contribution < 1.29 is 63.3 Å². The molecule has 5 rings (SSSR count). The predicted octanol–water partition coefficient (Wildman–Crippen LogP) is 2.58. The summed E-state index contributed by atoms with van der Waals surface area (Å²) in [7, 11) is -2.24. The third-order valence-electron chi connectivity index (χ3n) is 8.32. The number of methoxy groups -OCH3 is 1. The number of rotatable bonds is 5. The summed E-state index contributed by atoms with van der Waals surface area (Å²) in [6, 6.07) is 6.92. The van der Waals surface area contributed by atoms with Crippen LogP contribution in [0.15, 0.2) is 46.9 Å². The Labute approximate surface area is 282 Å². The molecule has 0 fully saturated rings. The molecule has 230 valence electrons. The van der Waals surface area contributed by atoms with Gasteiger partial charge in [-0.25, -0.2) is 18.1 Å². The summed E-state index contributed by atoms with van der Waals surface area (Å²) in [6.07, 6.45) is 2.69. The van der Waals surface area contributed by atoms with Gasteiger partial charge in [-0.2, -0.15) is 0 Å². The Bertz CT molecular complexity index is 1720. The summed E-state index contributed by atoms with van der Waals surface area (Å²) in [5, 5.41) is 0. The molecule has 1 amide bonds. The number of carbonyl (C=O) groups excluding carboxylic acids is 3. The van der Waals surface area contributed by atoms with E-state index >= 15 is 0 Å². The number of allylic oxidation sites excluding steroid dienone is 4. The van der Waals surface area contributed by atoms with E-state index in [0.29, 0.717) is 76.5 Å². The number of amides is 1. The molecule has 0 unspecified atom stereocenters. The molecule has 1 N–H and O–H groups in total. The van der Waals surface area contributed by atoms with Gasteiger partial charge in [0.1, 0.15) is 23.0 Å². The predicted molar refractivity (Wildman–Crippen MR) is 163 cm³/mol. The molecule has 2 heterocycles. The van der Waals surface area contributed by atoms with Crippen molar-refractivity contribution >= 4 is 27.5 Å². The van der Waals surface area contributed by atoms with Crippen molar-refractivity contribution in [1.29, 1.82) is 0 Å². The zero-order chi connectivity index (χ0) is 31.6. The molecule has 0 spiro atoms. The van der Waals surface area contributed by atoms with E-state index in [1.165, 1.54) is 6.07 Å². The third-order valence-corrected chi connectivity index (χ3v) is 8.88. The van der Waals surface area contributed by atoms with Gasteiger partial charge in [0.25, 0.3) is 5.91 Å². The molecule has 0 atom stereocenters. The molecule has 1 aliphatic heterocycles. The molecular weight excluding hydrogens is 591 g/mol. The number of aromatic nitrogens is 1. The van der Waals surface area contributed by atoms with Gasteiger partial charge in [0.2, 0.25) is 10.0 Å². The summed E-state index contributed by atoms with van der Waals surface area (Å²) in [4.78, 5) is 45.0. The van der Waals surface area contributed by atoms with Gasteiger partial charge in [-0.3, -0.25) is 14.4 Å². The average molecular weight is 631 g/mol. The summed E-state index contributed by atoms with van der Waals surface area (Å²) < 4.78 is 37.7. The van der Waals surface area contributed by atoms with Gasteiger partial charge in [-0.05, 0) is 60.1 Å². The van der Waals surface area contributed by atoms with Crippen molar-refractivity contribution in [3.8, 4) is 17.0 Å². The van der Waals surface area contributed by atoms with Gasteiger partial charge >= 0.3 is 29.6 Å². The van der Waals surface area contributed by atoms with E-state index in [2.05, 4.69) is 4.98 Å². The number of ketones is 2. The van der Waals surface area contributed by atoms with E-state index in [1.54, 1.807) is 26.2 Å². The Morgan fingerprint density at radius 1 is 0.977 bits per heavy atom. The molecule has 1 aromatic heterocycles. The minimum absolute atomic E-state index is 0. The quantitative estimate of drug-likeness (QED) is 0.500. The maximum atomic E-state index is 13.9. The second kappa shape index (κ2) is 11.9. The van der Waals surface area contributed by atoms with Crippen LogP contribution in [0.5, 0.6) is 5.75 Å². The van der Waals surface area contributed by atoms with E-state index in [9.17, 15) is 22.8 Å². The molecule has 0 saturated heterocycles. The Morgan fingerprint density at radius 3 is 2.02 bits per heavy atom. The largest absolute Gasteiger partial charge is 1.00 e. The van der Waals surface area contributed by atoms with E-state index in [4.69, 9.17) is 9.47 Å². The third kappa shape index (κ3) is 6.59. The van der Waals surface area contributed by atoms with Crippen LogP contribution in [0.3, 0.4) is 0 Å². The number of ether oxygens (including phenoxy) is 2. The number of aryl methyl sites for hydroxylation is 1. The monoisotopic (exact) mass is 630 g/mol. The van der Waals surface area contributed by atoms with Gasteiger partial charge < -0.3 is 10.9 Å². The number of benzene rings is 1. The second-order valence-corrected chi connectivity index (χ2v) is 15.3. The van der Waals surface area contributed by atoms with Crippen LogP contribution >= 0.6 is 0 Å². The van der Waals surface area contributed by atoms with Gasteiger partial charge in [-0.1, -0.05) is 27.7 Å². The summed E-state index contributed by atoms with van der Waals surface area (Å²) >= 11 is 0. The van der Waals surface area contributed by atoms with Gasteiger partial charge in [0.05, 0.1) is 25.0 Å². The first-order chi connectivity index (χ1) is 19.9. The number of nitrogens with zero attached hydrogens (tertiary/aromatic N) is 1. The molecule has 2 aromatic rings. The van der Waals surface area contributed by atoms with Crippen molar-refractivity contribution in [1.82, 2.24) is 9.71 Å². The fraction of sp³-hybridized carbons (Fsp3) is 0.455. The fourth-order valence-corrected chi connectivity index (χ4v) is 7.06. The van der Waals surface area contributed by atoms with Gasteiger partial charge in [0.15, 0.2) is 11.6 Å². The number of carbonyl (C=O) groups is 3. The maximum Gasteiger partial charge on any atom is 1.00 e. The smallest absolute Gasteiger partial charge is 1.00 e. The van der Waals surface area contributed by atoms with E-state index in [1.807, 2.05) is 45.4 Å². The van der Waals surface area contributed by atoms with Crippen molar-refractivity contribution in [2.75, 3.05) is 13.4 Å². The molecule has 0 saturated carbocycles. The second-order valence-electron chi connectivity index (χ2n) is 13.6. The van der Waals surface area contributed by atoms with Crippen LogP contribution in [-0.2, 0) is 24.3 Å². The van der Waals surface area contributed by atoms with Crippen molar-refractivity contribution in [3.05, 3.63) is 69.3 Å². The van der Waals surface area contributed by atoms with Crippen LogP contribution in [0.1, 0.15) is 87.9 Å². The molecule has 3 aliphatic rings. The van der Waals surface area contributed by atoms with Crippen LogP contribution in [0.25, 0.3) is 11.3 Å². The summed E-state index contributed by atoms with van der Waals surface area (Å²) in [5.41, 5.74) is 3.58. The molecule has 9 nitrogen and oxygen atoms in total. The normalized spacial score (nSPS) is 19.5. The van der Waals surface area contributed by atoms with E-state index in [-0.39, 0.29) is 59.1 Å². The fourth-order valence-electron chi connectivity index (χ4n) is 6.62. The van der Waals surface area contributed by atoms with Crippen LogP contribution in [0.4, 0.5) is 0 Å². The maximum absolute atomic E-state index is 13.9. The van der Waals surface area contributed by atoms with Crippen LogP contribution in [0, 0.1) is 24.7 Å². The minimum atomic E-state index is -3.79. The molecule has 0 radical (unpaired) electrons. The number of pyridine rings is 1. The molecule has 44 heavy (non-hydrogen) atoms. The topological polar surface area (TPSA) is 129 Å². The minimum Gasteiger partial charge on any atom is -1.00 e.